The largest absolute Gasteiger partial charge is 0.405 e. The van der Waals surface area contributed by atoms with Crippen LogP contribution in [0.5, 0.6) is 0 Å². The highest BCUT2D eigenvalue weighted by atomic mass is 127. The zero-order chi connectivity index (χ0) is 13.2. The van der Waals surface area contributed by atoms with Gasteiger partial charge in [-0.1, -0.05) is 48.6 Å². The van der Waals surface area contributed by atoms with Crippen LogP contribution in [0.3, 0.4) is 0 Å². The normalized spacial score (nSPS) is 17.8. The van der Waals surface area contributed by atoms with Gasteiger partial charge < -0.3 is 0 Å². The first-order chi connectivity index (χ1) is 8.46. The van der Waals surface area contributed by atoms with E-state index in [-0.39, 0.29) is 5.56 Å². The van der Waals surface area contributed by atoms with E-state index in [1.54, 1.807) is 24.3 Å². The van der Waals surface area contributed by atoms with Gasteiger partial charge in [-0.25, -0.2) is 0 Å². The van der Waals surface area contributed by atoms with Crippen molar-refractivity contribution >= 4 is 22.6 Å². The fourth-order valence-corrected chi connectivity index (χ4v) is 2.23. The summed E-state index contributed by atoms with van der Waals surface area (Å²) in [5.41, 5.74) is -1.81. The standard InChI is InChI=1S/C14H10F3I/c15-14(16,17)13(9-3-1-2-4-10-13)11-5-7-12(18)8-6-11/h1-10H. The molecule has 18 heavy (non-hydrogen) atoms. The molecule has 0 nitrogen and oxygen atoms in total. The average molecular weight is 362 g/mol. The molecule has 0 N–H and O–H groups in total. The van der Waals surface area contributed by atoms with E-state index in [1.807, 2.05) is 0 Å². The molecule has 0 amide bonds. The summed E-state index contributed by atoms with van der Waals surface area (Å²) in [7, 11) is 0. The Kier molecular flexibility index (Phi) is 3.66. The van der Waals surface area contributed by atoms with Crippen LogP contribution in [-0.2, 0) is 5.41 Å². The van der Waals surface area contributed by atoms with Crippen molar-refractivity contribution in [3.8, 4) is 0 Å². The van der Waals surface area contributed by atoms with E-state index >= 15 is 0 Å². The first-order valence-corrected chi connectivity index (χ1v) is 6.40. The monoisotopic (exact) mass is 362 g/mol. The van der Waals surface area contributed by atoms with Crippen LogP contribution in [0, 0.1) is 3.57 Å². The molecule has 4 heteroatoms. The molecule has 0 atom stereocenters. The first-order valence-electron chi connectivity index (χ1n) is 5.32. The molecule has 0 aromatic heterocycles. The van der Waals surface area contributed by atoms with Gasteiger partial charge in [-0.05, 0) is 40.3 Å². The van der Waals surface area contributed by atoms with E-state index in [0.717, 1.165) is 3.57 Å². The molecule has 0 unspecified atom stereocenters. The summed E-state index contributed by atoms with van der Waals surface area (Å²) in [6.45, 7) is 0. The molecular formula is C14H10F3I. The molecule has 1 aliphatic carbocycles. The maximum absolute atomic E-state index is 13.4. The number of hydrogen-bond acceptors (Lipinski definition) is 0. The summed E-state index contributed by atoms with van der Waals surface area (Å²) in [6, 6.07) is 6.41. The second-order valence-corrected chi connectivity index (χ2v) is 5.22. The maximum atomic E-state index is 13.4. The van der Waals surface area contributed by atoms with Crippen LogP contribution in [0.25, 0.3) is 0 Å². The van der Waals surface area contributed by atoms with E-state index in [1.165, 1.54) is 36.4 Å². The Morgan fingerprint density at radius 3 is 1.78 bits per heavy atom. The van der Waals surface area contributed by atoms with Gasteiger partial charge in [0.2, 0.25) is 0 Å². The molecule has 0 radical (unpaired) electrons. The zero-order valence-corrected chi connectivity index (χ0v) is 11.4. The van der Waals surface area contributed by atoms with Crippen molar-refractivity contribution in [1.29, 1.82) is 0 Å². The Hall–Kier alpha value is -1.04. The molecular weight excluding hydrogens is 352 g/mol. The number of rotatable bonds is 1. The molecule has 0 aliphatic heterocycles. The quantitative estimate of drug-likeness (QED) is 0.632. The number of alkyl halides is 3. The Morgan fingerprint density at radius 1 is 0.833 bits per heavy atom. The summed E-state index contributed by atoms with van der Waals surface area (Å²) in [4.78, 5) is 0. The molecule has 0 saturated carbocycles. The Bertz CT molecular complexity index is 491. The third-order valence-electron chi connectivity index (χ3n) is 2.84. The highest BCUT2D eigenvalue weighted by Gasteiger charge is 2.52. The maximum Gasteiger partial charge on any atom is 0.405 e. The van der Waals surface area contributed by atoms with E-state index in [2.05, 4.69) is 22.6 Å². The fourth-order valence-electron chi connectivity index (χ4n) is 1.87. The van der Waals surface area contributed by atoms with Gasteiger partial charge in [-0.15, -0.1) is 0 Å². The topological polar surface area (TPSA) is 0 Å². The van der Waals surface area contributed by atoms with Crippen molar-refractivity contribution in [3.63, 3.8) is 0 Å². The average Bonchev–Trinajstić information content (AvgIpc) is 2.55. The minimum Gasteiger partial charge on any atom is -0.169 e. The van der Waals surface area contributed by atoms with Crippen LogP contribution in [0.1, 0.15) is 5.56 Å². The predicted molar refractivity (Wildman–Crippen MR) is 74.3 cm³/mol. The molecule has 0 fully saturated rings. The Balaban J connectivity index is 2.60. The summed E-state index contributed by atoms with van der Waals surface area (Å²) < 4.78 is 41.2. The van der Waals surface area contributed by atoms with Crippen LogP contribution in [0.2, 0.25) is 0 Å². The molecule has 0 heterocycles. The van der Waals surface area contributed by atoms with Crippen molar-refractivity contribution in [2.45, 2.75) is 11.6 Å². The molecule has 1 aromatic rings. The second-order valence-electron chi connectivity index (χ2n) is 3.98. The van der Waals surface area contributed by atoms with Gasteiger partial charge >= 0.3 is 6.18 Å². The van der Waals surface area contributed by atoms with Crippen molar-refractivity contribution in [3.05, 3.63) is 69.9 Å². The van der Waals surface area contributed by atoms with Crippen molar-refractivity contribution in [1.82, 2.24) is 0 Å². The lowest BCUT2D eigenvalue weighted by molar-refractivity contribution is -0.162. The number of benzene rings is 1. The lowest BCUT2D eigenvalue weighted by atomic mass is 9.79. The summed E-state index contributed by atoms with van der Waals surface area (Å²) >= 11 is 2.07. The van der Waals surface area contributed by atoms with Gasteiger partial charge in [0.05, 0.1) is 0 Å². The summed E-state index contributed by atoms with van der Waals surface area (Å²) in [5.74, 6) is 0. The molecule has 0 saturated heterocycles. The minimum absolute atomic E-state index is 0.228. The first kappa shape index (κ1) is 13.4. The van der Waals surface area contributed by atoms with E-state index in [4.69, 9.17) is 0 Å². The smallest absolute Gasteiger partial charge is 0.169 e. The van der Waals surface area contributed by atoms with E-state index < -0.39 is 11.6 Å². The SMILES string of the molecule is FC(F)(F)C1(c2ccc(I)cc2)C=CC=CC=C1. The van der Waals surface area contributed by atoms with Crippen molar-refractivity contribution in [2.24, 2.45) is 0 Å². The number of allylic oxidation sites excluding steroid dienone is 6. The van der Waals surface area contributed by atoms with Crippen LogP contribution in [0.15, 0.2) is 60.7 Å². The minimum atomic E-state index is -4.36. The Morgan fingerprint density at radius 2 is 1.33 bits per heavy atom. The van der Waals surface area contributed by atoms with Gasteiger partial charge in [0, 0.05) is 3.57 Å². The van der Waals surface area contributed by atoms with Crippen molar-refractivity contribution < 1.29 is 13.2 Å². The van der Waals surface area contributed by atoms with E-state index in [9.17, 15) is 13.2 Å². The lowest BCUT2D eigenvalue weighted by Crippen LogP contribution is -2.38. The van der Waals surface area contributed by atoms with Crippen LogP contribution in [0.4, 0.5) is 13.2 Å². The second kappa shape index (κ2) is 4.91. The van der Waals surface area contributed by atoms with Crippen molar-refractivity contribution in [2.75, 3.05) is 0 Å². The van der Waals surface area contributed by atoms with Gasteiger partial charge in [0.15, 0.2) is 0 Å². The van der Waals surface area contributed by atoms with Crippen LogP contribution < -0.4 is 0 Å². The third-order valence-corrected chi connectivity index (χ3v) is 3.56. The highest BCUT2D eigenvalue weighted by molar-refractivity contribution is 14.1. The summed E-state index contributed by atoms with van der Waals surface area (Å²) in [5, 5.41) is 0. The molecule has 2 rings (SSSR count). The van der Waals surface area contributed by atoms with Gasteiger partial charge in [-0.3, -0.25) is 0 Å². The molecule has 0 spiro atoms. The number of hydrogen-bond donors (Lipinski definition) is 0. The van der Waals surface area contributed by atoms with Gasteiger partial charge in [-0.2, -0.15) is 13.2 Å². The van der Waals surface area contributed by atoms with Crippen LogP contribution in [-0.4, -0.2) is 6.18 Å². The van der Waals surface area contributed by atoms with Gasteiger partial charge in [0.25, 0.3) is 0 Å². The molecule has 94 valence electrons. The third kappa shape index (κ3) is 2.39. The van der Waals surface area contributed by atoms with Gasteiger partial charge in [0.1, 0.15) is 5.41 Å². The molecule has 0 bridgehead atoms. The van der Waals surface area contributed by atoms with E-state index in [0.29, 0.717) is 0 Å². The summed E-state index contributed by atoms with van der Waals surface area (Å²) in [6.07, 6.45) is 4.08. The number of halogens is 4. The molecule has 1 aliphatic rings. The lowest BCUT2D eigenvalue weighted by Gasteiger charge is -2.30. The highest BCUT2D eigenvalue weighted by Crippen LogP contribution is 2.44. The van der Waals surface area contributed by atoms with Crippen LogP contribution >= 0.6 is 22.6 Å². The fraction of sp³-hybridized carbons (Fsp3) is 0.143. The zero-order valence-electron chi connectivity index (χ0n) is 9.29. The Labute approximate surface area is 117 Å². The predicted octanol–water partition coefficient (Wildman–Crippen LogP) is 4.77. The molecule has 1 aromatic carbocycles.